The predicted octanol–water partition coefficient (Wildman–Crippen LogP) is 1.17. The third-order valence-corrected chi connectivity index (χ3v) is 1.45. The molecule has 4 nitrogen and oxygen atoms in total. The summed E-state index contributed by atoms with van der Waals surface area (Å²) in [4.78, 5) is 0. The van der Waals surface area contributed by atoms with Gasteiger partial charge in [-0.3, -0.25) is 0 Å². The van der Waals surface area contributed by atoms with Crippen LogP contribution in [-0.2, 0) is 4.74 Å². The number of hydrogen-bond acceptors (Lipinski definition) is 4. The Morgan fingerprint density at radius 1 is 1.54 bits per heavy atom. The van der Waals surface area contributed by atoms with Gasteiger partial charge < -0.3 is 15.7 Å². The molecule has 13 heavy (non-hydrogen) atoms. The fourth-order valence-corrected chi connectivity index (χ4v) is 0.897. The first kappa shape index (κ1) is 9.12. The number of ether oxygens (including phenoxy) is 1. The summed E-state index contributed by atoms with van der Waals surface area (Å²) >= 11 is 0. The van der Waals surface area contributed by atoms with E-state index >= 15 is 0 Å². The van der Waals surface area contributed by atoms with Gasteiger partial charge in [0.25, 0.3) is 0 Å². The number of nitrogens with two attached hydrogens (primary N) is 1. The zero-order valence-electron chi connectivity index (χ0n) is 6.97. The average molecular weight is 178 g/mol. The first-order chi connectivity index (χ1) is 6.29. The summed E-state index contributed by atoms with van der Waals surface area (Å²) in [7, 11) is 0. The molecule has 0 aliphatic carbocycles. The van der Waals surface area contributed by atoms with Crippen molar-refractivity contribution in [2.75, 3.05) is 0 Å². The molecule has 0 atom stereocenters. The van der Waals surface area contributed by atoms with Crippen molar-refractivity contribution in [3.8, 4) is 5.75 Å². The Hall–Kier alpha value is -1.97. The van der Waals surface area contributed by atoms with Crippen molar-refractivity contribution >= 4 is 5.90 Å². The van der Waals surface area contributed by atoms with Gasteiger partial charge >= 0.3 is 0 Å². The van der Waals surface area contributed by atoms with E-state index < -0.39 is 0 Å². The molecule has 4 heteroatoms. The van der Waals surface area contributed by atoms with Crippen LogP contribution in [0.1, 0.15) is 5.56 Å². The lowest BCUT2D eigenvalue weighted by Crippen LogP contribution is -2.05. The maximum Gasteiger partial charge on any atom is 0.246 e. The van der Waals surface area contributed by atoms with Gasteiger partial charge in [0.15, 0.2) is 0 Å². The van der Waals surface area contributed by atoms with E-state index in [2.05, 4.69) is 11.7 Å². The molecule has 0 saturated heterocycles. The Kier molecular flexibility index (Phi) is 2.92. The minimum atomic E-state index is 0.0635. The van der Waals surface area contributed by atoms with Gasteiger partial charge in [-0.25, -0.2) is 0 Å². The molecule has 0 spiro atoms. The normalized spacial score (nSPS) is 10.9. The zero-order valence-corrected chi connectivity index (χ0v) is 6.97. The zero-order chi connectivity index (χ0) is 9.68. The van der Waals surface area contributed by atoms with E-state index in [-0.39, 0.29) is 11.6 Å². The van der Waals surface area contributed by atoms with E-state index in [4.69, 9.17) is 10.6 Å². The third-order valence-electron chi connectivity index (χ3n) is 1.45. The number of hydrazone groups is 1. The van der Waals surface area contributed by atoms with E-state index in [9.17, 15) is 5.11 Å². The number of phenolic OH excluding ortho intramolecular Hbond substituents is 1. The number of nitrogens with zero attached hydrogens (tertiary/aromatic N) is 1. The van der Waals surface area contributed by atoms with Gasteiger partial charge in [0.05, 0.1) is 11.8 Å². The molecule has 0 saturated carbocycles. The monoisotopic (exact) mass is 178 g/mol. The Labute approximate surface area is 75.9 Å². The molecular weight excluding hydrogens is 168 g/mol. The molecule has 0 bridgehead atoms. The molecule has 0 unspecified atom stereocenters. The fourth-order valence-electron chi connectivity index (χ4n) is 0.897. The van der Waals surface area contributed by atoms with Crippen LogP contribution in [0.3, 0.4) is 0 Å². The molecule has 1 aromatic carbocycles. The number of para-hydroxylation sites is 1. The van der Waals surface area contributed by atoms with Crippen molar-refractivity contribution < 1.29 is 9.84 Å². The summed E-state index contributed by atoms with van der Waals surface area (Å²) in [5, 5.41) is 12.8. The molecule has 68 valence electrons. The minimum Gasteiger partial charge on any atom is -0.507 e. The second-order valence-electron chi connectivity index (χ2n) is 2.24. The molecular formula is C9H10N2O2. The van der Waals surface area contributed by atoms with Crippen molar-refractivity contribution in [3.63, 3.8) is 0 Å². The third kappa shape index (κ3) is 1.99. The lowest BCUT2D eigenvalue weighted by Gasteiger charge is -2.04. The van der Waals surface area contributed by atoms with Gasteiger partial charge in [-0.1, -0.05) is 18.7 Å². The molecule has 0 aliphatic heterocycles. The molecule has 0 heterocycles. The SMILES string of the molecule is C=CO/C(=N\N)c1ccccc1O. The summed E-state index contributed by atoms with van der Waals surface area (Å²) in [6.45, 7) is 3.36. The molecule has 0 aliphatic rings. The minimum absolute atomic E-state index is 0.0635. The maximum atomic E-state index is 9.39. The largest absolute Gasteiger partial charge is 0.507 e. The predicted molar refractivity (Wildman–Crippen MR) is 50.1 cm³/mol. The van der Waals surface area contributed by atoms with E-state index in [1.165, 1.54) is 12.3 Å². The van der Waals surface area contributed by atoms with Crippen molar-refractivity contribution in [1.82, 2.24) is 0 Å². The van der Waals surface area contributed by atoms with Crippen LogP contribution in [0, 0.1) is 0 Å². The Morgan fingerprint density at radius 2 is 2.23 bits per heavy atom. The Morgan fingerprint density at radius 3 is 2.77 bits per heavy atom. The van der Waals surface area contributed by atoms with Gasteiger partial charge in [-0.2, -0.15) is 0 Å². The first-order valence-electron chi connectivity index (χ1n) is 3.63. The van der Waals surface area contributed by atoms with Gasteiger partial charge in [-0.05, 0) is 12.1 Å². The molecule has 0 radical (unpaired) electrons. The number of phenols is 1. The highest BCUT2D eigenvalue weighted by atomic mass is 16.5. The van der Waals surface area contributed by atoms with Crippen LogP contribution in [-0.4, -0.2) is 11.0 Å². The number of benzene rings is 1. The lowest BCUT2D eigenvalue weighted by atomic mass is 10.2. The highest BCUT2D eigenvalue weighted by Crippen LogP contribution is 2.16. The highest BCUT2D eigenvalue weighted by molar-refractivity contribution is 5.96. The molecule has 0 aromatic heterocycles. The summed E-state index contributed by atoms with van der Waals surface area (Å²) < 4.78 is 4.89. The summed E-state index contributed by atoms with van der Waals surface area (Å²) in [6, 6.07) is 6.60. The van der Waals surface area contributed by atoms with Crippen LogP contribution in [0.4, 0.5) is 0 Å². The molecule has 0 fully saturated rings. The summed E-state index contributed by atoms with van der Waals surface area (Å²) in [5.74, 6) is 5.26. The van der Waals surface area contributed by atoms with Crippen molar-refractivity contribution in [1.29, 1.82) is 0 Å². The summed E-state index contributed by atoms with van der Waals surface area (Å²) in [6.07, 6.45) is 1.19. The lowest BCUT2D eigenvalue weighted by molar-refractivity contribution is 0.452. The van der Waals surface area contributed by atoms with Crippen molar-refractivity contribution in [2.24, 2.45) is 10.9 Å². The highest BCUT2D eigenvalue weighted by Gasteiger charge is 2.07. The van der Waals surface area contributed by atoms with Crippen LogP contribution in [0.2, 0.25) is 0 Å². The Bertz CT molecular complexity index is 334. The quantitative estimate of drug-likeness (QED) is 0.235. The second kappa shape index (κ2) is 4.15. The fraction of sp³-hybridized carbons (Fsp3) is 0. The number of hydrogen-bond donors (Lipinski definition) is 2. The van der Waals surface area contributed by atoms with Gasteiger partial charge in [-0.15, -0.1) is 5.10 Å². The van der Waals surface area contributed by atoms with E-state index in [1.807, 2.05) is 0 Å². The van der Waals surface area contributed by atoms with Crippen LogP contribution in [0.25, 0.3) is 0 Å². The number of aromatic hydroxyl groups is 1. The van der Waals surface area contributed by atoms with E-state index in [1.54, 1.807) is 18.2 Å². The number of rotatable bonds is 2. The second-order valence-corrected chi connectivity index (χ2v) is 2.24. The van der Waals surface area contributed by atoms with E-state index in [0.29, 0.717) is 5.56 Å². The topological polar surface area (TPSA) is 67.8 Å². The van der Waals surface area contributed by atoms with Crippen LogP contribution < -0.4 is 5.84 Å². The smallest absolute Gasteiger partial charge is 0.246 e. The van der Waals surface area contributed by atoms with Gasteiger partial charge in [0.2, 0.25) is 5.90 Å². The summed E-state index contributed by atoms with van der Waals surface area (Å²) in [5.41, 5.74) is 0.435. The van der Waals surface area contributed by atoms with Crippen LogP contribution in [0.15, 0.2) is 42.2 Å². The average Bonchev–Trinajstić information content (AvgIpc) is 2.16. The van der Waals surface area contributed by atoms with Gasteiger partial charge in [0.1, 0.15) is 5.75 Å². The Balaban J connectivity index is 3.05. The molecule has 1 rings (SSSR count). The van der Waals surface area contributed by atoms with Crippen LogP contribution in [0.5, 0.6) is 5.75 Å². The standard InChI is InChI=1S/C9H10N2O2/c1-2-13-9(11-10)7-5-3-4-6-8(7)12/h2-6,12H,1,10H2/b11-9-. The molecule has 1 aromatic rings. The van der Waals surface area contributed by atoms with Gasteiger partial charge in [0, 0.05) is 0 Å². The molecule has 0 amide bonds. The van der Waals surface area contributed by atoms with Crippen molar-refractivity contribution in [2.45, 2.75) is 0 Å². The van der Waals surface area contributed by atoms with Crippen LogP contribution >= 0.6 is 0 Å². The molecule has 3 N–H and O–H groups in total. The maximum absolute atomic E-state index is 9.39. The van der Waals surface area contributed by atoms with E-state index in [0.717, 1.165) is 0 Å². The van der Waals surface area contributed by atoms with Crippen molar-refractivity contribution in [3.05, 3.63) is 42.7 Å². The first-order valence-corrected chi connectivity index (χ1v) is 3.63.